The molecule has 0 aromatic rings. The van der Waals surface area contributed by atoms with Crippen molar-refractivity contribution in [2.24, 2.45) is 5.41 Å². The number of rotatable bonds is 2. The van der Waals surface area contributed by atoms with Gasteiger partial charge in [-0.1, -0.05) is 13.3 Å². The molecule has 0 spiro atoms. The molecule has 0 unspecified atom stereocenters. The highest BCUT2D eigenvalue weighted by atomic mass is 14.4. The van der Waals surface area contributed by atoms with Gasteiger partial charge in [-0.05, 0) is 13.3 Å². The summed E-state index contributed by atoms with van der Waals surface area (Å²) < 4.78 is 0. The van der Waals surface area contributed by atoms with E-state index in [4.69, 9.17) is 10.5 Å². The molecule has 0 heterocycles. The Hall–Kier alpha value is -1.02. The summed E-state index contributed by atoms with van der Waals surface area (Å²) in [5, 5.41) is 16.9. The van der Waals surface area contributed by atoms with Crippen molar-refractivity contribution < 1.29 is 0 Å². The van der Waals surface area contributed by atoms with Crippen molar-refractivity contribution in [3.05, 3.63) is 0 Å². The zero-order valence-corrected chi connectivity index (χ0v) is 5.81. The first-order valence-corrected chi connectivity index (χ1v) is 3.01. The molecule has 0 rings (SSSR count). The van der Waals surface area contributed by atoms with Crippen LogP contribution in [0.15, 0.2) is 0 Å². The van der Waals surface area contributed by atoms with Gasteiger partial charge in [0.05, 0.1) is 12.1 Å². The molecule has 0 N–H and O–H groups in total. The van der Waals surface area contributed by atoms with Crippen molar-refractivity contribution in [1.29, 1.82) is 10.5 Å². The first-order valence-electron chi connectivity index (χ1n) is 3.01. The fourth-order valence-electron chi connectivity index (χ4n) is 0.637. The van der Waals surface area contributed by atoms with Crippen LogP contribution in [0.5, 0.6) is 0 Å². The third-order valence-electron chi connectivity index (χ3n) is 1.24. The fourth-order valence-corrected chi connectivity index (χ4v) is 0.637. The molecule has 0 saturated heterocycles. The van der Waals surface area contributed by atoms with E-state index >= 15 is 0 Å². The van der Waals surface area contributed by atoms with Crippen molar-refractivity contribution in [2.75, 3.05) is 0 Å². The Morgan fingerprint density at radius 1 is 1.33 bits per heavy atom. The normalized spacial score (nSPS) is 9.78. The summed E-state index contributed by atoms with van der Waals surface area (Å²) in [5.74, 6) is 0. The van der Waals surface area contributed by atoms with Gasteiger partial charge in [-0.2, -0.15) is 10.5 Å². The monoisotopic (exact) mass is 122 g/mol. The van der Waals surface area contributed by atoms with Gasteiger partial charge in [-0.3, -0.25) is 0 Å². The summed E-state index contributed by atoms with van der Waals surface area (Å²) in [6.45, 7) is 3.63. The average Bonchev–Trinajstić information content (AvgIpc) is 1.89. The maximum absolute atomic E-state index is 8.44. The standard InChI is InChI=1S/C7H10N2/c1-3-4-7(2,5-8)6-9/h3-4H2,1-2H3. The summed E-state index contributed by atoms with van der Waals surface area (Å²) in [6, 6.07) is 3.94. The zero-order valence-electron chi connectivity index (χ0n) is 5.81. The topological polar surface area (TPSA) is 47.6 Å². The van der Waals surface area contributed by atoms with Crippen LogP contribution in [-0.2, 0) is 0 Å². The Bertz CT molecular complexity index is 145. The zero-order chi connectivity index (χ0) is 7.33. The van der Waals surface area contributed by atoms with Gasteiger partial charge in [0.2, 0.25) is 0 Å². The first-order chi connectivity index (χ1) is 4.18. The van der Waals surface area contributed by atoms with E-state index in [2.05, 4.69) is 0 Å². The smallest absolute Gasteiger partial charge is 0.141 e. The van der Waals surface area contributed by atoms with Gasteiger partial charge in [0.1, 0.15) is 5.41 Å². The minimum Gasteiger partial charge on any atom is -0.197 e. The summed E-state index contributed by atoms with van der Waals surface area (Å²) in [4.78, 5) is 0. The minimum atomic E-state index is -0.755. The molecule has 0 fully saturated rings. The Labute approximate surface area is 55.7 Å². The average molecular weight is 122 g/mol. The molecule has 0 radical (unpaired) electrons. The van der Waals surface area contributed by atoms with Gasteiger partial charge >= 0.3 is 0 Å². The lowest BCUT2D eigenvalue weighted by atomic mass is 9.90. The lowest BCUT2D eigenvalue weighted by Gasteiger charge is -2.07. The highest BCUT2D eigenvalue weighted by Crippen LogP contribution is 2.19. The van der Waals surface area contributed by atoms with Gasteiger partial charge in [0, 0.05) is 0 Å². The highest BCUT2D eigenvalue weighted by Gasteiger charge is 2.20. The molecule has 0 bridgehead atoms. The van der Waals surface area contributed by atoms with Crippen LogP contribution in [0, 0.1) is 28.1 Å². The quantitative estimate of drug-likeness (QED) is 0.561. The molecule has 0 aliphatic heterocycles. The molecule has 9 heavy (non-hydrogen) atoms. The second kappa shape index (κ2) is 3.10. The van der Waals surface area contributed by atoms with Crippen LogP contribution in [0.25, 0.3) is 0 Å². The van der Waals surface area contributed by atoms with E-state index in [9.17, 15) is 0 Å². The first kappa shape index (κ1) is 7.98. The summed E-state index contributed by atoms with van der Waals surface area (Å²) in [6.07, 6.45) is 1.55. The van der Waals surface area contributed by atoms with Crippen molar-refractivity contribution in [3.63, 3.8) is 0 Å². The predicted molar refractivity (Wildman–Crippen MR) is 34.2 cm³/mol. The number of nitriles is 2. The van der Waals surface area contributed by atoms with Crippen molar-refractivity contribution in [1.82, 2.24) is 0 Å². The van der Waals surface area contributed by atoms with Gasteiger partial charge in [-0.15, -0.1) is 0 Å². The largest absolute Gasteiger partial charge is 0.197 e. The second-order valence-corrected chi connectivity index (χ2v) is 2.31. The third kappa shape index (κ3) is 2.15. The van der Waals surface area contributed by atoms with Crippen LogP contribution in [0.4, 0.5) is 0 Å². The van der Waals surface area contributed by atoms with Crippen LogP contribution < -0.4 is 0 Å². The van der Waals surface area contributed by atoms with Crippen LogP contribution in [0.2, 0.25) is 0 Å². The van der Waals surface area contributed by atoms with Gasteiger partial charge in [0.25, 0.3) is 0 Å². The molecule has 2 nitrogen and oxygen atoms in total. The fraction of sp³-hybridized carbons (Fsp3) is 0.714. The Kier molecular flexibility index (Phi) is 2.74. The highest BCUT2D eigenvalue weighted by molar-refractivity contribution is 5.10. The SMILES string of the molecule is CCCC(C)(C#N)C#N. The Morgan fingerprint density at radius 2 is 1.78 bits per heavy atom. The lowest BCUT2D eigenvalue weighted by molar-refractivity contribution is 0.520. The van der Waals surface area contributed by atoms with Gasteiger partial charge in [-0.25, -0.2) is 0 Å². The van der Waals surface area contributed by atoms with E-state index in [1.54, 1.807) is 6.92 Å². The van der Waals surface area contributed by atoms with E-state index in [0.29, 0.717) is 6.42 Å². The molecule has 0 aromatic heterocycles. The molecule has 2 heteroatoms. The van der Waals surface area contributed by atoms with Gasteiger partial charge in [0.15, 0.2) is 0 Å². The molecule has 48 valence electrons. The molecular weight excluding hydrogens is 112 g/mol. The summed E-state index contributed by atoms with van der Waals surface area (Å²) in [5.41, 5.74) is -0.755. The maximum atomic E-state index is 8.44. The summed E-state index contributed by atoms with van der Waals surface area (Å²) in [7, 11) is 0. The van der Waals surface area contributed by atoms with Crippen molar-refractivity contribution >= 4 is 0 Å². The van der Waals surface area contributed by atoms with Crippen molar-refractivity contribution in [3.8, 4) is 12.1 Å². The molecule has 0 aliphatic rings. The second-order valence-electron chi connectivity index (χ2n) is 2.31. The van der Waals surface area contributed by atoms with E-state index in [-0.39, 0.29) is 0 Å². The third-order valence-corrected chi connectivity index (χ3v) is 1.24. The van der Waals surface area contributed by atoms with E-state index < -0.39 is 5.41 Å². The molecule has 0 saturated carbocycles. The number of hydrogen-bond donors (Lipinski definition) is 0. The maximum Gasteiger partial charge on any atom is 0.141 e. The number of nitrogens with zero attached hydrogens (tertiary/aromatic N) is 2. The molecular formula is C7H10N2. The van der Waals surface area contributed by atoms with Crippen molar-refractivity contribution in [2.45, 2.75) is 26.7 Å². The Morgan fingerprint density at radius 3 is 1.89 bits per heavy atom. The molecule has 0 aromatic carbocycles. The molecule has 0 atom stereocenters. The van der Waals surface area contributed by atoms with E-state index in [0.717, 1.165) is 6.42 Å². The summed E-state index contributed by atoms with van der Waals surface area (Å²) >= 11 is 0. The van der Waals surface area contributed by atoms with E-state index in [1.165, 1.54) is 0 Å². The van der Waals surface area contributed by atoms with Crippen LogP contribution in [-0.4, -0.2) is 0 Å². The van der Waals surface area contributed by atoms with Crippen LogP contribution in [0.1, 0.15) is 26.7 Å². The van der Waals surface area contributed by atoms with Crippen LogP contribution in [0.3, 0.4) is 0 Å². The number of hydrogen-bond acceptors (Lipinski definition) is 2. The Balaban J connectivity index is 4.02. The predicted octanol–water partition coefficient (Wildman–Crippen LogP) is 1.84. The van der Waals surface area contributed by atoms with E-state index in [1.807, 2.05) is 19.1 Å². The van der Waals surface area contributed by atoms with Gasteiger partial charge < -0.3 is 0 Å². The van der Waals surface area contributed by atoms with Crippen LogP contribution >= 0.6 is 0 Å². The molecule has 0 amide bonds. The minimum absolute atomic E-state index is 0.667. The molecule has 0 aliphatic carbocycles. The lowest BCUT2D eigenvalue weighted by Crippen LogP contribution is -2.08.